The molecule has 1 aliphatic rings. The van der Waals surface area contributed by atoms with E-state index in [1.165, 1.54) is 12.5 Å². The Bertz CT molecular complexity index is 707. The molecule has 0 saturated carbocycles. The second kappa shape index (κ2) is 8.67. The monoisotopic (exact) mass is 356 g/mol. The van der Waals surface area contributed by atoms with Crippen molar-refractivity contribution in [3.05, 3.63) is 60.1 Å². The normalized spacial score (nSPS) is 16.3. The van der Waals surface area contributed by atoms with Gasteiger partial charge in [0.1, 0.15) is 12.3 Å². The molecule has 1 saturated heterocycles. The lowest BCUT2D eigenvalue weighted by Gasteiger charge is -2.33. The second-order valence-electron chi connectivity index (χ2n) is 6.53. The highest BCUT2D eigenvalue weighted by Crippen LogP contribution is 2.16. The Balaban J connectivity index is 1.42. The van der Waals surface area contributed by atoms with Gasteiger partial charge in [-0.1, -0.05) is 30.3 Å². The SMILES string of the molecule is CC(NC(=O)c1ccoc1)C(=O)N1CCC(OCc2ccccc2)CC1. The fourth-order valence-electron chi connectivity index (χ4n) is 3.04. The van der Waals surface area contributed by atoms with Gasteiger partial charge in [0.05, 0.1) is 24.5 Å². The predicted molar refractivity (Wildman–Crippen MR) is 96.5 cm³/mol. The average Bonchev–Trinajstić information content (AvgIpc) is 3.22. The molecule has 0 bridgehead atoms. The summed E-state index contributed by atoms with van der Waals surface area (Å²) in [6.07, 6.45) is 4.57. The van der Waals surface area contributed by atoms with E-state index in [0.717, 1.165) is 18.4 Å². The predicted octanol–water partition coefficient (Wildman–Crippen LogP) is 2.61. The first-order chi connectivity index (χ1) is 12.6. The van der Waals surface area contributed by atoms with Crippen molar-refractivity contribution >= 4 is 11.8 Å². The number of amides is 2. The van der Waals surface area contributed by atoms with E-state index >= 15 is 0 Å². The van der Waals surface area contributed by atoms with Crippen LogP contribution in [0.15, 0.2) is 53.3 Å². The van der Waals surface area contributed by atoms with Gasteiger partial charge < -0.3 is 19.4 Å². The Morgan fingerprint density at radius 2 is 1.96 bits per heavy atom. The molecule has 2 aromatic rings. The van der Waals surface area contributed by atoms with E-state index in [9.17, 15) is 9.59 Å². The molecule has 2 heterocycles. The molecule has 1 aromatic heterocycles. The maximum atomic E-state index is 12.5. The number of nitrogens with zero attached hydrogens (tertiary/aromatic N) is 1. The van der Waals surface area contributed by atoms with Crippen molar-refractivity contribution in [2.75, 3.05) is 13.1 Å². The smallest absolute Gasteiger partial charge is 0.255 e. The highest BCUT2D eigenvalue weighted by molar-refractivity contribution is 5.97. The number of likely N-dealkylation sites (tertiary alicyclic amines) is 1. The van der Waals surface area contributed by atoms with Gasteiger partial charge in [-0.25, -0.2) is 0 Å². The van der Waals surface area contributed by atoms with Gasteiger partial charge in [0.2, 0.25) is 5.91 Å². The van der Waals surface area contributed by atoms with E-state index in [1.54, 1.807) is 17.9 Å². The first-order valence-electron chi connectivity index (χ1n) is 8.91. The van der Waals surface area contributed by atoms with Crippen molar-refractivity contribution in [2.45, 2.75) is 38.5 Å². The molecule has 26 heavy (non-hydrogen) atoms. The molecule has 138 valence electrons. The van der Waals surface area contributed by atoms with Gasteiger partial charge in [-0.3, -0.25) is 9.59 Å². The van der Waals surface area contributed by atoms with Crippen molar-refractivity contribution in [1.29, 1.82) is 0 Å². The van der Waals surface area contributed by atoms with Crippen LogP contribution in [0.1, 0.15) is 35.7 Å². The van der Waals surface area contributed by atoms with Crippen LogP contribution < -0.4 is 5.32 Å². The van der Waals surface area contributed by atoms with E-state index in [-0.39, 0.29) is 17.9 Å². The minimum atomic E-state index is -0.570. The third kappa shape index (κ3) is 4.73. The molecule has 6 heteroatoms. The van der Waals surface area contributed by atoms with Crippen LogP contribution in [-0.4, -0.2) is 41.9 Å². The summed E-state index contributed by atoms with van der Waals surface area (Å²) in [4.78, 5) is 26.3. The highest BCUT2D eigenvalue weighted by atomic mass is 16.5. The number of hydrogen-bond acceptors (Lipinski definition) is 4. The van der Waals surface area contributed by atoms with Gasteiger partial charge in [0.25, 0.3) is 5.91 Å². The molecule has 1 aromatic carbocycles. The van der Waals surface area contributed by atoms with E-state index in [4.69, 9.17) is 9.15 Å². The summed E-state index contributed by atoms with van der Waals surface area (Å²) in [6.45, 7) is 3.59. The number of ether oxygens (including phenoxy) is 1. The van der Waals surface area contributed by atoms with Crippen molar-refractivity contribution in [3.63, 3.8) is 0 Å². The Labute approximate surface area is 153 Å². The van der Waals surface area contributed by atoms with Crippen molar-refractivity contribution in [1.82, 2.24) is 10.2 Å². The van der Waals surface area contributed by atoms with E-state index in [1.807, 2.05) is 30.3 Å². The largest absolute Gasteiger partial charge is 0.472 e. The Hall–Kier alpha value is -2.60. The van der Waals surface area contributed by atoms with E-state index in [2.05, 4.69) is 5.32 Å². The number of piperidine rings is 1. The molecule has 1 unspecified atom stereocenters. The summed E-state index contributed by atoms with van der Waals surface area (Å²) in [6, 6.07) is 11.1. The van der Waals surface area contributed by atoms with Crippen LogP contribution in [0.3, 0.4) is 0 Å². The number of carbonyl (C=O) groups is 2. The number of nitrogens with one attached hydrogen (secondary N) is 1. The number of hydrogen-bond donors (Lipinski definition) is 1. The molecule has 1 N–H and O–H groups in total. The molecule has 3 rings (SSSR count). The van der Waals surface area contributed by atoms with Crippen LogP contribution in [0, 0.1) is 0 Å². The van der Waals surface area contributed by atoms with Gasteiger partial charge in [-0.2, -0.15) is 0 Å². The number of furan rings is 1. The van der Waals surface area contributed by atoms with Crippen LogP contribution in [0.25, 0.3) is 0 Å². The Kier molecular flexibility index (Phi) is 6.07. The fourth-order valence-corrected chi connectivity index (χ4v) is 3.04. The molecule has 2 amide bonds. The summed E-state index contributed by atoms with van der Waals surface area (Å²) in [5.41, 5.74) is 1.57. The third-order valence-electron chi connectivity index (χ3n) is 4.58. The molecule has 6 nitrogen and oxygen atoms in total. The zero-order chi connectivity index (χ0) is 18.4. The third-order valence-corrected chi connectivity index (χ3v) is 4.58. The zero-order valence-electron chi connectivity index (χ0n) is 14.9. The first-order valence-corrected chi connectivity index (χ1v) is 8.91. The summed E-state index contributed by atoms with van der Waals surface area (Å²) in [7, 11) is 0. The summed E-state index contributed by atoms with van der Waals surface area (Å²) >= 11 is 0. The summed E-state index contributed by atoms with van der Waals surface area (Å²) in [5.74, 6) is -0.371. The molecular formula is C20H24N2O4. The minimum absolute atomic E-state index is 0.0663. The average molecular weight is 356 g/mol. The van der Waals surface area contributed by atoms with Gasteiger partial charge in [-0.05, 0) is 31.4 Å². The highest BCUT2D eigenvalue weighted by Gasteiger charge is 2.27. The lowest BCUT2D eigenvalue weighted by molar-refractivity contribution is -0.135. The first kappa shape index (κ1) is 18.2. The van der Waals surface area contributed by atoms with E-state index < -0.39 is 6.04 Å². The van der Waals surface area contributed by atoms with E-state index in [0.29, 0.717) is 25.3 Å². The van der Waals surface area contributed by atoms with Gasteiger partial charge in [0, 0.05) is 13.1 Å². The molecule has 0 spiro atoms. The van der Waals surface area contributed by atoms with Gasteiger partial charge in [-0.15, -0.1) is 0 Å². The molecule has 1 aliphatic heterocycles. The lowest BCUT2D eigenvalue weighted by Crippen LogP contribution is -2.50. The van der Waals surface area contributed by atoms with Crippen LogP contribution in [0.5, 0.6) is 0 Å². The van der Waals surface area contributed by atoms with Crippen molar-refractivity contribution in [3.8, 4) is 0 Å². The number of rotatable bonds is 6. The topological polar surface area (TPSA) is 71.8 Å². The maximum absolute atomic E-state index is 12.5. The quantitative estimate of drug-likeness (QED) is 0.864. The molecular weight excluding hydrogens is 332 g/mol. The summed E-state index contributed by atoms with van der Waals surface area (Å²) in [5, 5.41) is 2.72. The number of benzene rings is 1. The van der Waals surface area contributed by atoms with Gasteiger partial charge in [0.15, 0.2) is 0 Å². The molecule has 1 fully saturated rings. The van der Waals surface area contributed by atoms with Crippen molar-refractivity contribution in [2.24, 2.45) is 0 Å². The van der Waals surface area contributed by atoms with Crippen LogP contribution in [-0.2, 0) is 16.1 Å². The molecule has 0 radical (unpaired) electrons. The number of carbonyl (C=O) groups excluding carboxylic acids is 2. The standard InChI is InChI=1S/C20H24N2O4/c1-15(21-19(23)17-9-12-25-14-17)20(24)22-10-7-18(8-11-22)26-13-16-5-3-2-4-6-16/h2-6,9,12,14-15,18H,7-8,10-11,13H2,1H3,(H,21,23). The Morgan fingerprint density at radius 3 is 2.62 bits per heavy atom. The van der Waals surface area contributed by atoms with Gasteiger partial charge >= 0.3 is 0 Å². The fraction of sp³-hybridized carbons (Fsp3) is 0.400. The van der Waals surface area contributed by atoms with Crippen LogP contribution in [0.4, 0.5) is 0 Å². The lowest BCUT2D eigenvalue weighted by atomic mass is 10.1. The van der Waals surface area contributed by atoms with Crippen LogP contribution in [0.2, 0.25) is 0 Å². The zero-order valence-corrected chi connectivity index (χ0v) is 14.9. The Morgan fingerprint density at radius 1 is 1.23 bits per heavy atom. The molecule has 0 aliphatic carbocycles. The summed E-state index contributed by atoms with van der Waals surface area (Å²) < 4.78 is 10.8. The maximum Gasteiger partial charge on any atom is 0.255 e. The van der Waals surface area contributed by atoms with Crippen molar-refractivity contribution < 1.29 is 18.7 Å². The minimum Gasteiger partial charge on any atom is -0.472 e. The van der Waals surface area contributed by atoms with Crippen LogP contribution >= 0.6 is 0 Å². The molecule has 1 atom stereocenters. The second-order valence-corrected chi connectivity index (χ2v) is 6.53.